The van der Waals surface area contributed by atoms with Gasteiger partial charge in [-0.3, -0.25) is 0 Å². The van der Waals surface area contributed by atoms with E-state index in [9.17, 15) is 0 Å². The SMILES string of the molecule is CNC(C)c1ccccc1N1CCOC(C)(C)C1. The Bertz CT molecular complexity index is 403. The molecule has 1 heterocycles. The van der Waals surface area contributed by atoms with Gasteiger partial charge in [0.15, 0.2) is 0 Å². The van der Waals surface area contributed by atoms with Gasteiger partial charge in [0.1, 0.15) is 0 Å². The maximum Gasteiger partial charge on any atom is 0.0801 e. The highest BCUT2D eigenvalue weighted by Crippen LogP contribution is 2.29. The smallest absolute Gasteiger partial charge is 0.0801 e. The van der Waals surface area contributed by atoms with Gasteiger partial charge < -0.3 is 15.0 Å². The minimum atomic E-state index is -0.0613. The zero-order valence-corrected chi connectivity index (χ0v) is 11.9. The first-order chi connectivity index (χ1) is 8.53. The number of hydrogen-bond donors (Lipinski definition) is 1. The molecule has 1 aromatic carbocycles. The molecule has 2 rings (SSSR count). The van der Waals surface area contributed by atoms with Crippen LogP contribution in [0.4, 0.5) is 5.69 Å². The molecule has 1 atom stereocenters. The number of rotatable bonds is 3. The Hall–Kier alpha value is -1.06. The van der Waals surface area contributed by atoms with Crippen molar-refractivity contribution in [3.8, 4) is 0 Å². The number of ether oxygens (including phenoxy) is 1. The summed E-state index contributed by atoms with van der Waals surface area (Å²) in [6, 6.07) is 9.01. The zero-order chi connectivity index (χ0) is 13.2. The predicted octanol–water partition coefficient (Wildman–Crippen LogP) is 2.58. The van der Waals surface area contributed by atoms with E-state index in [4.69, 9.17) is 4.74 Å². The maximum absolute atomic E-state index is 5.79. The fourth-order valence-electron chi connectivity index (χ4n) is 2.52. The quantitative estimate of drug-likeness (QED) is 0.890. The molecule has 18 heavy (non-hydrogen) atoms. The third-order valence-electron chi connectivity index (χ3n) is 3.60. The summed E-state index contributed by atoms with van der Waals surface area (Å²) >= 11 is 0. The number of nitrogens with zero attached hydrogens (tertiary/aromatic N) is 1. The van der Waals surface area contributed by atoms with E-state index in [2.05, 4.69) is 55.3 Å². The molecule has 3 heteroatoms. The highest BCUT2D eigenvalue weighted by molar-refractivity contribution is 5.55. The molecule has 1 unspecified atom stereocenters. The van der Waals surface area contributed by atoms with Crippen molar-refractivity contribution in [3.63, 3.8) is 0 Å². The van der Waals surface area contributed by atoms with E-state index >= 15 is 0 Å². The molecule has 1 fully saturated rings. The maximum atomic E-state index is 5.79. The second-order valence-corrected chi connectivity index (χ2v) is 5.60. The molecule has 0 aromatic heterocycles. The Kier molecular flexibility index (Phi) is 3.93. The molecule has 0 saturated carbocycles. The van der Waals surface area contributed by atoms with Gasteiger partial charge in [0.2, 0.25) is 0 Å². The van der Waals surface area contributed by atoms with Crippen LogP contribution in [0, 0.1) is 0 Å². The van der Waals surface area contributed by atoms with Gasteiger partial charge >= 0.3 is 0 Å². The van der Waals surface area contributed by atoms with Gasteiger partial charge in [-0.1, -0.05) is 18.2 Å². The largest absolute Gasteiger partial charge is 0.372 e. The summed E-state index contributed by atoms with van der Waals surface area (Å²) in [5, 5.41) is 3.32. The van der Waals surface area contributed by atoms with Crippen molar-refractivity contribution in [1.82, 2.24) is 5.32 Å². The third kappa shape index (κ3) is 2.85. The molecule has 1 saturated heterocycles. The standard InChI is InChI=1S/C15H24N2O/c1-12(16-4)13-7-5-6-8-14(13)17-9-10-18-15(2,3)11-17/h5-8,12,16H,9-11H2,1-4H3. The fraction of sp³-hybridized carbons (Fsp3) is 0.600. The molecule has 1 N–H and O–H groups in total. The van der Waals surface area contributed by atoms with Gasteiger partial charge in [0.25, 0.3) is 0 Å². The molecule has 1 aromatic rings. The van der Waals surface area contributed by atoms with E-state index in [1.807, 2.05) is 7.05 Å². The van der Waals surface area contributed by atoms with E-state index < -0.39 is 0 Å². The van der Waals surface area contributed by atoms with E-state index in [-0.39, 0.29) is 5.60 Å². The van der Waals surface area contributed by atoms with Crippen molar-refractivity contribution in [2.75, 3.05) is 31.6 Å². The second kappa shape index (κ2) is 5.29. The summed E-state index contributed by atoms with van der Waals surface area (Å²) in [5.74, 6) is 0. The average molecular weight is 248 g/mol. The molecule has 100 valence electrons. The van der Waals surface area contributed by atoms with E-state index in [1.165, 1.54) is 11.3 Å². The minimum absolute atomic E-state index is 0.0613. The summed E-state index contributed by atoms with van der Waals surface area (Å²) in [6.45, 7) is 9.23. The zero-order valence-electron chi connectivity index (χ0n) is 11.9. The van der Waals surface area contributed by atoms with Crippen LogP contribution in [0.25, 0.3) is 0 Å². The first-order valence-electron chi connectivity index (χ1n) is 6.68. The van der Waals surface area contributed by atoms with Gasteiger partial charge in [-0.15, -0.1) is 0 Å². The van der Waals surface area contributed by atoms with Gasteiger partial charge in [-0.05, 0) is 39.4 Å². The highest BCUT2D eigenvalue weighted by Gasteiger charge is 2.28. The van der Waals surface area contributed by atoms with E-state index in [0.717, 1.165) is 19.7 Å². The Balaban J connectivity index is 2.27. The Morgan fingerprint density at radius 2 is 2.06 bits per heavy atom. The Labute approximate surface area is 110 Å². The van der Waals surface area contributed by atoms with Crippen LogP contribution in [0.1, 0.15) is 32.4 Å². The number of benzene rings is 1. The van der Waals surface area contributed by atoms with E-state index in [0.29, 0.717) is 6.04 Å². The number of morpholine rings is 1. The molecule has 1 aliphatic rings. The summed E-state index contributed by atoms with van der Waals surface area (Å²) in [5.41, 5.74) is 2.63. The van der Waals surface area contributed by atoms with Crippen LogP contribution in [0.5, 0.6) is 0 Å². The second-order valence-electron chi connectivity index (χ2n) is 5.60. The third-order valence-corrected chi connectivity index (χ3v) is 3.60. The van der Waals surface area contributed by atoms with Gasteiger partial charge in [-0.25, -0.2) is 0 Å². The summed E-state index contributed by atoms with van der Waals surface area (Å²) < 4.78 is 5.79. The summed E-state index contributed by atoms with van der Waals surface area (Å²) in [6.07, 6.45) is 0. The van der Waals surface area contributed by atoms with Crippen molar-refractivity contribution >= 4 is 5.69 Å². The van der Waals surface area contributed by atoms with Crippen LogP contribution >= 0.6 is 0 Å². The molecule has 0 amide bonds. The fourth-order valence-corrected chi connectivity index (χ4v) is 2.52. The molecular formula is C15H24N2O. The van der Waals surface area contributed by atoms with Crippen molar-refractivity contribution in [2.45, 2.75) is 32.4 Å². The van der Waals surface area contributed by atoms with Crippen molar-refractivity contribution in [3.05, 3.63) is 29.8 Å². The molecule has 0 spiro atoms. The van der Waals surface area contributed by atoms with Gasteiger partial charge in [0, 0.05) is 24.8 Å². The summed E-state index contributed by atoms with van der Waals surface area (Å²) in [4.78, 5) is 2.44. The number of anilines is 1. The van der Waals surface area contributed by atoms with Crippen molar-refractivity contribution < 1.29 is 4.74 Å². The lowest BCUT2D eigenvalue weighted by atomic mass is 10.0. The first-order valence-corrected chi connectivity index (χ1v) is 6.68. The Morgan fingerprint density at radius 1 is 1.33 bits per heavy atom. The molecule has 0 aliphatic carbocycles. The lowest BCUT2D eigenvalue weighted by Gasteiger charge is -2.40. The molecule has 0 radical (unpaired) electrons. The lowest BCUT2D eigenvalue weighted by molar-refractivity contribution is -0.0277. The number of nitrogens with one attached hydrogen (secondary N) is 1. The van der Waals surface area contributed by atoms with Crippen molar-refractivity contribution in [2.24, 2.45) is 0 Å². The Morgan fingerprint density at radius 3 is 2.72 bits per heavy atom. The summed E-state index contributed by atoms with van der Waals surface area (Å²) in [7, 11) is 2.00. The molecule has 0 bridgehead atoms. The van der Waals surface area contributed by atoms with Crippen LogP contribution in [-0.2, 0) is 4.74 Å². The van der Waals surface area contributed by atoms with Crippen LogP contribution < -0.4 is 10.2 Å². The van der Waals surface area contributed by atoms with Crippen LogP contribution in [0.2, 0.25) is 0 Å². The monoisotopic (exact) mass is 248 g/mol. The van der Waals surface area contributed by atoms with Crippen LogP contribution in [-0.4, -0.2) is 32.3 Å². The predicted molar refractivity (Wildman–Crippen MR) is 76.2 cm³/mol. The lowest BCUT2D eigenvalue weighted by Crippen LogP contribution is -2.48. The topological polar surface area (TPSA) is 24.5 Å². The molecule has 3 nitrogen and oxygen atoms in total. The molecular weight excluding hydrogens is 224 g/mol. The van der Waals surface area contributed by atoms with Crippen LogP contribution in [0.15, 0.2) is 24.3 Å². The van der Waals surface area contributed by atoms with E-state index in [1.54, 1.807) is 0 Å². The normalized spacial score (nSPS) is 20.8. The van der Waals surface area contributed by atoms with Gasteiger partial charge in [-0.2, -0.15) is 0 Å². The van der Waals surface area contributed by atoms with Crippen molar-refractivity contribution in [1.29, 1.82) is 0 Å². The van der Waals surface area contributed by atoms with Crippen LogP contribution in [0.3, 0.4) is 0 Å². The number of para-hydroxylation sites is 1. The minimum Gasteiger partial charge on any atom is -0.372 e. The first kappa shape index (κ1) is 13.4. The van der Waals surface area contributed by atoms with Gasteiger partial charge in [0.05, 0.1) is 12.2 Å². The molecule has 1 aliphatic heterocycles. The highest BCUT2D eigenvalue weighted by atomic mass is 16.5. The average Bonchev–Trinajstić information content (AvgIpc) is 2.36. The number of hydrogen-bond acceptors (Lipinski definition) is 3.